The molecule has 45 heavy (non-hydrogen) atoms. The fraction of sp³-hybridized carbons (Fsp3) is 0.481. The summed E-state index contributed by atoms with van der Waals surface area (Å²) in [6, 6.07) is -1.14. The predicted molar refractivity (Wildman–Crippen MR) is 161 cm³/mol. The number of fused-ring (bicyclic) bond motifs is 1. The lowest BCUT2D eigenvalue weighted by Crippen LogP contribution is -2.71. The minimum Gasteiger partial charge on any atom is -0.480 e. The van der Waals surface area contributed by atoms with Crippen molar-refractivity contribution in [3.05, 3.63) is 34.0 Å². The summed E-state index contributed by atoms with van der Waals surface area (Å²) in [5, 5.41) is 26.6. The number of anilines is 1. The van der Waals surface area contributed by atoms with E-state index < -0.39 is 64.8 Å². The topological polar surface area (TPSA) is 231 Å². The van der Waals surface area contributed by atoms with Gasteiger partial charge < -0.3 is 35.7 Å². The first-order valence-corrected chi connectivity index (χ1v) is 15.5. The number of hydrogen-bond donors (Lipinski definition) is 4. The number of carbonyl (C=O) groups excluding carboxylic acids is 4. The maximum atomic E-state index is 13.3. The molecule has 0 aliphatic carbocycles. The molecular weight excluding hydrogens is 632 g/mol. The Bertz CT molecular complexity index is 1560. The van der Waals surface area contributed by atoms with Crippen LogP contribution >= 0.6 is 23.1 Å². The zero-order chi connectivity index (χ0) is 33.4. The SMILES string of the molecule is CC(C)(C)OC(=O)CON=C(C(=O)NC1C(=O)N2C(C(=O)O)=C(C=C3CCN(C(C)(C)C(=O)O)C3=O)CSC12)c1csc(N)n1. The quantitative estimate of drug-likeness (QED) is 0.0881. The van der Waals surface area contributed by atoms with Crippen LogP contribution in [0.2, 0.25) is 0 Å². The van der Waals surface area contributed by atoms with Gasteiger partial charge in [0.1, 0.15) is 33.9 Å². The molecule has 2 unspecified atom stereocenters. The van der Waals surface area contributed by atoms with Gasteiger partial charge in [0.2, 0.25) is 6.61 Å². The van der Waals surface area contributed by atoms with Crippen LogP contribution in [0.5, 0.6) is 0 Å². The van der Waals surface area contributed by atoms with Crippen molar-refractivity contribution >= 4 is 69.6 Å². The molecule has 0 aromatic carbocycles. The summed E-state index contributed by atoms with van der Waals surface area (Å²) in [6.45, 7) is 7.34. The number of esters is 1. The summed E-state index contributed by atoms with van der Waals surface area (Å²) in [6.07, 6.45) is 1.59. The summed E-state index contributed by atoms with van der Waals surface area (Å²) in [4.78, 5) is 86.8. The Kier molecular flexibility index (Phi) is 9.30. The summed E-state index contributed by atoms with van der Waals surface area (Å²) in [5.41, 5.74) is 3.22. The Labute approximate surface area is 265 Å². The van der Waals surface area contributed by atoms with Crippen molar-refractivity contribution in [1.82, 2.24) is 20.1 Å². The average Bonchev–Trinajstić information content (AvgIpc) is 3.53. The highest BCUT2D eigenvalue weighted by atomic mass is 32.2. The second-order valence-corrected chi connectivity index (χ2v) is 13.6. The molecule has 3 amide bonds. The summed E-state index contributed by atoms with van der Waals surface area (Å²) < 4.78 is 5.15. The van der Waals surface area contributed by atoms with E-state index in [0.29, 0.717) is 0 Å². The van der Waals surface area contributed by atoms with Crippen molar-refractivity contribution in [2.75, 3.05) is 24.6 Å². The van der Waals surface area contributed by atoms with Crippen molar-refractivity contribution in [3.8, 4) is 0 Å². The first kappa shape index (κ1) is 33.4. The van der Waals surface area contributed by atoms with E-state index in [1.54, 1.807) is 20.8 Å². The number of allylic oxidation sites excluding steroid dienone is 1. The summed E-state index contributed by atoms with van der Waals surface area (Å²) >= 11 is 2.19. The molecule has 18 heteroatoms. The predicted octanol–water partition coefficient (Wildman–Crippen LogP) is 0.548. The third kappa shape index (κ3) is 6.95. The monoisotopic (exact) mass is 664 g/mol. The van der Waals surface area contributed by atoms with Crippen molar-refractivity contribution in [1.29, 1.82) is 0 Å². The Morgan fingerprint density at radius 2 is 1.89 bits per heavy atom. The highest BCUT2D eigenvalue weighted by molar-refractivity contribution is 8.00. The van der Waals surface area contributed by atoms with Gasteiger partial charge in [-0.1, -0.05) is 5.16 Å². The van der Waals surface area contributed by atoms with Gasteiger partial charge in [0.05, 0.1) is 0 Å². The molecular formula is C27H32N6O10S2. The largest absolute Gasteiger partial charge is 0.480 e. The van der Waals surface area contributed by atoms with Crippen molar-refractivity contribution in [3.63, 3.8) is 0 Å². The summed E-state index contributed by atoms with van der Waals surface area (Å²) in [7, 11) is 0. The highest BCUT2D eigenvalue weighted by Gasteiger charge is 2.54. The molecule has 0 saturated carbocycles. The van der Waals surface area contributed by atoms with Crippen molar-refractivity contribution < 1.29 is 48.6 Å². The van der Waals surface area contributed by atoms with Gasteiger partial charge in [-0.2, -0.15) is 0 Å². The fourth-order valence-electron chi connectivity index (χ4n) is 4.69. The summed E-state index contributed by atoms with van der Waals surface area (Å²) in [5.74, 6) is -5.36. The van der Waals surface area contributed by atoms with E-state index in [1.807, 2.05) is 0 Å². The number of aromatic nitrogens is 1. The number of oxime groups is 1. The highest BCUT2D eigenvalue weighted by Crippen LogP contribution is 2.41. The minimum atomic E-state index is -1.46. The van der Waals surface area contributed by atoms with Crippen LogP contribution in [-0.2, 0) is 38.3 Å². The number of thioether (sulfide) groups is 1. The fourth-order valence-corrected chi connectivity index (χ4v) is 6.55. The molecule has 1 aromatic heterocycles. The number of nitrogen functional groups attached to an aromatic ring is 1. The first-order valence-electron chi connectivity index (χ1n) is 13.5. The van der Waals surface area contributed by atoms with E-state index in [0.717, 1.165) is 16.2 Å². The second kappa shape index (κ2) is 12.5. The lowest BCUT2D eigenvalue weighted by molar-refractivity contribution is -0.160. The van der Waals surface area contributed by atoms with Gasteiger partial charge in [0.15, 0.2) is 10.8 Å². The van der Waals surface area contributed by atoms with Crippen LogP contribution in [-0.4, -0.2) is 108 Å². The number of amides is 3. The van der Waals surface area contributed by atoms with E-state index in [-0.39, 0.29) is 52.1 Å². The molecule has 0 radical (unpaired) electrons. The van der Waals surface area contributed by atoms with Crippen LogP contribution in [0.3, 0.4) is 0 Å². The van der Waals surface area contributed by atoms with Crippen LogP contribution in [0.1, 0.15) is 46.7 Å². The molecule has 2 saturated heterocycles. The third-order valence-corrected chi connectivity index (χ3v) is 8.87. The number of rotatable bonds is 10. The number of ether oxygens (including phenoxy) is 1. The van der Waals surface area contributed by atoms with Crippen LogP contribution in [0.4, 0.5) is 5.13 Å². The number of likely N-dealkylation sites (tertiary alicyclic amines) is 1. The number of carboxylic acid groups (broad SMARTS) is 2. The van der Waals surface area contributed by atoms with E-state index in [2.05, 4.69) is 15.5 Å². The lowest BCUT2D eigenvalue weighted by Gasteiger charge is -2.49. The molecule has 3 aliphatic heterocycles. The van der Waals surface area contributed by atoms with Crippen LogP contribution in [0.15, 0.2) is 33.5 Å². The maximum Gasteiger partial charge on any atom is 0.352 e. The number of thiazole rings is 1. The average molecular weight is 665 g/mol. The van der Waals surface area contributed by atoms with Gasteiger partial charge in [-0.05, 0) is 52.7 Å². The number of nitrogens with two attached hydrogens (primary N) is 1. The second-order valence-electron chi connectivity index (χ2n) is 11.7. The normalized spacial score (nSPS) is 21.4. The number of carboxylic acids is 2. The molecule has 0 bridgehead atoms. The van der Waals surface area contributed by atoms with Crippen LogP contribution in [0, 0.1) is 0 Å². The number of nitrogens with zero attached hydrogens (tertiary/aromatic N) is 4. The molecule has 242 valence electrons. The molecule has 3 aliphatic rings. The minimum absolute atomic E-state index is 0.0282. The molecule has 4 rings (SSSR count). The van der Waals surface area contributed by atoms with E-state index in [1.165, 1.54) is 42.0 Å². The maximum absolute atomic E-state index is 13.3. The van der Waals surface area contributed by atoms with E-state index in [9.17, 15) is 39.0 Å². The van der Waals surface area contributed by atoms with Crippen LogP contribution < -0.4 is 11.1 Å². The van der Waals surface area contributed by atoms with E-state index >= 15 is 0 Å². The number of nitrogens with one attached hydrogen (secondary N) is 1. The Balaban J connectivity index is 1.52. The Morgan fingerprint density at radius 3 is 2.47 bits per heavy atom. The standard InChI is InChI=1S/C27H32N6O10S2/c1-26(2,3)43-15(34)9-42-31-16(14-11-45-25(28)29-14)19(35)30-17-21(37)33-18(23(38)39)13(10-44-22(17)33)8-12-6-7-32(20(12)36)27(4,5)24(40)41/h8,11,17,22H,6-7,9-10H2,1-5H3,(H2,28,29)(H,30,35)(H,38,39)(H,40,41). The molecule has 16 nitrogen and oxygen atoms in total. The van der Waals surface area contributed by atoms with Crippen LogP contribution in [0.25, 0.3) is 0 Å². The van der Waals surface area contributed by atoms with Gasteiger partial charge in [-0.3, -0.25) is 19.3 Å². The van der Waals surface area contributed by atoms with Gasteiger partial charge in [-0.25, -0.2) is 19.4 Å². The van der Waals surface area contributed by atoms with Gasteiger partial charge in [-0.15, -0.1) is 23.1 Å². The third-order valence-electron chi connectivity index (χ3n) is 6.90. The number of carbonyl (C=O) groups is 6. The number of hydrogen-bond acceptors (Lipinski definition) is 13. The Hall–Kier alpha value is -4.45. The molecule has 2 fully saturated rings. The molecule has 5 N–H and O–H groups in total. The van der Waals surface area contributed by atoms with Gasteiger partial charge >= 0.3 is 17.9 Å². The number of β-lactam (4-membered cyclic amide) rings is 1. The smallest absolute Gasteiger partial charge is 0.352 e. The molecule has 1 aromatic rings. The molecule has 2 atom stereocenters. The zero-order valence-corrected chi connectivity index (χ0v) is 26.6. The van der Waals surface area contributed by atoms with Gasteiger partial charge in [0, 0.05) is 23.3 Å². The molecule has 4 heterocycles. The van der Waals surface area contributed by atoms with Gasteiger partial charge in [0.25, 0.3) is 17.7 Å². The van der Waals surface area contributed by atoms with Crippen molar-refractivity contribution in [2.24, 2.45) is 5.16 Å². The Morgan fingerprint density at radius 1 is 1.20 bits per heavy atom. The molecule has 0 spiro atoms. The van der Waals surface area contributed by atoms with E-state index in [4.69, 9.17) is 15.3 Å². The first-order chi connectivity index (χ1) is 20.9. The number of aliphatic carboxylic acids is 2. The zero-order valence-electron chi connectivity index (χ0n) is 25.0. The van der Waals surface area contributed by atoms with Crippen molar-refractivity contribution in [2.45, 2.75) is 63.6 Å². The lowest BCUT2D eigenvalue weighted by atomic mass is 10.0.